The standard InChI is InChI=1S/C13H17ClN2O3/c1-7(2)5-11(15)12(17)16-8-3-4-9(13(18)19)10(14)6-8/h3-4,6-7,11H,5,15H2,1-2H3,(H,16,17)(H,18,19)/t11-/m0/s1. The van der Waals surface area contributed by atoms with E-state index in [2.05, 4.69) is 5.32 Å². The summed E-state index contributed by atoms with van der Waals surface area (Å²) in [6, 6.07) is 3.62. The molecular formula is C13H17ClN2O3. The molecule has 1 aromatic carbocycles. The van der Waals surface area contributed by atoms with Gasteiger partial charge in [0.2, 0.25) is 5.91 Å². The molecule has 0 saturated carbocycles. The monoisotopic (exact) mass is 284 g/mol. The van der Waals surface area contributed by atoms with Crippen molar-refractivity contribution in [3.63, 3.8) is 0 Å². The quantitative estimate of drug-likeness (QED) is 0.774. The van der Waals surface area contributed by atoms with Crippen molar-refractivity contribution in [1.82, 2.24) is 0 Å². The minimum Gasteiger partial charge on any atom is -0.478 e. The first-order chi connectivity index (χ1) is 8.81. The van der Waals surface area contributed by atoms with Gasteiger partial charge in [0.05, 0.1) is 16.6 Å². The van der Waals surface area contributed by atoms with Crippen molar-refractivity contribution >= 4 is 29.2 Å². The maximum absolute atomic E-state index is 11.8. The number of rotatable bonds is 5. The number of carboxylic acids is 1. The molecule has 0 aliphatic heterocycles. The molecule has 1 rings (SSSR count). The Morgan fingerprint density at radius 2 is 2.05 bits per heavy atom. The molecule has 0 fully saturated rings. The highest BCUT2D eigenvalue weighted by Crippen LogP contribution is 2.21. The average molecular weight is 285 g/mol. The molecule has 0 heterocycles. The van der Waals surface area contributed by atoms with Crippen LogP contribution in [-0.4, -0.2) is 23.0 Å². The molecule has 0 aromatic heterocycles. The first-order valence-corrected chi connectivity index (χ1v) is 6.28. The molecule has 0 saturated heterocycles. The summed E-state index contributed by atoms with van der Waals surface area (Å²) in [5.41, 5.74) is 6.16. The number of aromatic carboxylic acids is 1. The lowest BCUT2D eigenvalue weighted by Gasteiger charge is -2.14. The Bertz CT molecular complexity index is 489. The zero-order chi connectivity index (χ0) is 14.6. The van der Waals surface area contributed by atoms with E-state index in [-0.39, 0.29) is 16.5 Å². The van der Waals surface area contributed by atoms with Crippen molar-refractivity contribution in [1.29, 1.82) is 0 Å². The van der Waals surface area contributed by atoms with E-state index >= 15 is 0 Å². The summed E-state index contributed by atoms with van der Waals surface area (Å²) in [4.78, 5) is 22.6. The fraction of sp³-hybridized carbons (Fsp3) is 0.385. The van der Waals surface area contributed by atoms with E-state index in [0.29, 0.717) is 18.0 Å². The van der Waals surface area contributed by atoms with E-state index in [1.165, 1.54) is 18.2 Å². The molecule has 6 heteroatoms. The number of benzene rings is 1. The zero-order valence-corrected chi connectivity index (χ0v) is 11.6. The molecule has 0 bridgehead atoms. The average Bonchev–Trinajstić information content (AvgIpc) is 2.27. The van der Waals surface area contributed by atoms with Crippen molar-refractivity contribution in [3.8, 4) is 0 Å². The minimum absolute atomic E-state index is 0.00820. The molecule has 1 atom stereocenters. The highest BCUT2D eigenvalue weighted by molar-refractivity contribution is 6.33. The van der Waals surface area contributed by atoms with Crippen LogP contribution >= 0.6 is 11.6 Å². The zero-order valence-electron chi connectivity index (χ0n) is 10.8. The number of carbonyl (C=O) groups excluding carboxylic acids is 1. The van der Waals surface area contributed by atoms with E-state index in [4.69, 9.17) is 22.4 Å². The normalized spacial score (nSPS) is 12.3. The molecule has 0 spiro atoms. The van der Waals surface area contributed by atoms with E-state index < -0.39 is 12.0 Å². The highest BCUT2D eigenvalue weighted by atomic mass is 35.5. The summed E-state index contributed by atoms with van der Waals surface area (Å²) in [7, 11) is 0. The molecule has 0 aliphatic carbocycles. The summed E-state index contributed by atoms with van der Waals surface area (Å²) in [5.74, 6) is -1.11. The van der Waals surface area contributed by atoms with E-state index in [1.54, 1.807) is 0 Å². The minimum atomic E-state index is -1.11. The van der Waals surface area contributed by atoms with Crippen molar-refractivity contribution < 1.29 is 14.7 Å². The number of hydrogen-bond acceptors (Lipinski definition) is 3. The van der Waals surface area contributed by atoms with Crippen LogP contribution in [0.3, 0.4) is 0 Å². The fourth-order valence-electron chi connectivity index (χ4n) is 1.62. The summed E-state index contributed by atoms with van der Waals surface area (Å²) in [6.45, 7) is 3.96. The van der Waals surface area contributed by atoms with Crippen LogP contribution < -0.4 is 11.1 Å². The molecule has 0 aliphatic rings. The third kappa shape index (κ3) is 4.54. The number of halogens is 1. The van der Waals surface area contributed by atoms with Gasteiger partial charge < -0.3 is 16.2 Å². The molecule has 1 amide bonds. The van der Waals surface area contributed by atoms with Crippen molar-refractivity contribution in [2.45, 2.75) is 26.3 Å². The summed E-state index contributed by atoms with van der Waals surface area (Å²) in [5, 5.41) is 11.5. The van der Waals surface area contributed by atoms with Gasteiger partial charge in [0.25, 0.3) is 0 Å². The molecule has 104 valence electrons. The molecule has 4 N–H and O–H groups in total. The van der Waals surface area contributed by atoms with Gasteiger partial charge in [0, 0.05) is 5.69 Å². The summed E-state index contributed by atoms with van der Waals surface area (Å²) >= 11 is 5.81. The first kappa shape index (κ1) is 15.5. The Morgan fingerprint density at radius 3 is 2.53 bits per heavy atom. The van der Waals surface area contributed by atoms with E-state index in [9.17, 15) is 9.59 Å². The largest absolute Gasteiger partial charge is 0.478 e. The van der Waals surface area contributed by atoms with Crippen molar-refractivity contribution in [3.05, 3.63) is 28.8 Å². The second-order valence-corrected chi connectivity index (χ2v) is 5.13. The van der Waals surface area contributed by atoms with Gasteiger partial charge in [-0.25, -0.2) is 4.79 Å². The van der Waals surface area contributed by atoms with Crippen LogP contribution in [0.4, 0.5) is 5.69 Å². The number of nitrogens with one attached hydrogen (secondary N) is 1. The Hall–Kier alpha value is -1.59. The third-order valence-electron chi connectivity index (χ3n) is 2.53. The van der Waals surface area contributed by atoms with E-state index in [1.807, 2.05) is 13.8 Å². The van der Waals surface area contributed by atoms with Gasteiger partial charge in [0.1, 0.15) is 0 Å². The maximum atomic E-state index is 11.8. The lowest BCUT2D eigenvalue weighted by atomic mass is 10.0. The van der Waals surface area contributed by atoms with Crippen LogP contribution in [0.15, 0.2) is 18.2 Å². The molecule has 0 radical (unpaired) electrons. The van der Waals surface area contributed by atoms with Crippen LogP contribution in [0.2, 0.25) is 5.02 Å². The number of carbonyl (C=O) groups is 2. The SMILES string of the molecule is CC(C)C[C@H](N)C(=O)Nc1ccc(C(=O)O)c(Cl)c1. The van der Waals surface area contributed by atoms with Crippen LogP contribution in [0.25, 0.3) is 0 Å². The lowest BCUT2D eigenvalue weighted by molar-refractivity contribution is -0.117. The van der Waals surface area contributed by atoms with Gasteiger partial charge in [-0.1, -0.05) is 25.4 Å². The lowest BCUT2D eigenvalue weighted by Crippen LogP contribution is -2.36. The summed E-state index contributed by atoms with van der Waals surface area (Å²) in [6.07, 6.45) is 0.576. The van der Waals surface area contributed by atoms with Gasteiger partial charge in [-0.05, 0) is 30.5 Å². The van der Waals surface area contributed by atoms with Crippen LogP contribution in [0, 0.1) is 5.92 Å². The van der Waals surface area contributed by atoms with E-state index in [0.717, 1.165) is 0 Å². The topological polar surface area (TPSA) is 92.4 Å². The number of anilines is 1. The number of amides is 1. The van der Waals surface area contributed by atoms with Crippen molar-refractivity contribution in [2.75, 3.05) is 5.32 Å². The smallest absolute Gasteiger partial charge is 0.337 e. The Balaban J connectivity index is 2.75. The number of hydrogen-bond donors (Lipinski definition) is 3. The second kappa shape index (κ2) is 6.54. The number of carboxylic acid groups (broad SMARTS) is 1. The molecule has 19 heavy (non-hydrogen) atoms. The Labute approximate surface area is 116 Å². The molecule has 5 nitrogen and oxygen atoms in total. The maximum Gasteiger partial charge on any atom is 0.337 e. The number of nitrogens with two attached hydrogens (primary N) is 1. The van der Waals surface area contributed by atoms with Gasteiger partial charge in [-0.15, -0.1) is 0 Å². The van der Waals surface area contributed by atoms with Gasteiger partial charge in [0.15, 0.2) is 0 Å². The summed E-state index contributed by atoms with van der Waals surface area (Å²) < 4.78 is 0. The second-order valence-electron chi connectivity index (χ2n) is 4.73. The van der Waals surface area contributed by atoms with Gasteiger partial charge in [-0.3, -0.25) is 4.79 Å². The van der Waals surface area contributed by atoms with Crippen molar-refractivity contribution in [2.24, 2.45) is 11.7 Å². The third-order valence-corrected chi connectivity index (χ3v) is 2.84. The van der Waals surface area contributed by atoms with Crippen LogP contribution in [-0.2, 0) is 4.79 Å². The predicted molar refractivity (Wildman–Crippen MR) is 74.5 cm³/mol. The molecule has 1 aromatic rings. The van der Waals surface area contributed by atoms with Gasteiger partial charge >= 0.3 is 5.97 Å². The Kier molecular flexibility index (Phi) is 5.32. The molecular weight excluding hydrogens is 268 g/mol. The first-order valence-electron chi connectivity index (χ1n) is 5.90. The van der Waals surface area contributed by atoms with Crippen LogP contribution in [0.1, 0.15) is 30.6 Å². The van der Waals surface area contributed by atoms with Gasteiger partial charge in [-0.2, -0.15) is 0 Å². The predicted octanol–water partition coefficient (Wildman–Crippen LogP) is 2.35. The highest BCUT2D eigenvalue weighted by Gasteiger charge is 2.16. The fourth-order valence-corrected chi connectivity index (χ4v) is 1.88. The Morgan fingerprint density at radius 1 is 1.42 bits per heavy atom. The molecule has 0 unspecified atom stereocenters. The van der Waals surface area contributed by atoms with Crippen LogP contribution in [0.5, 0.6) is 0 Å².